The normalized spacial score (nSPS) is 10.5. The van der Waals surface area contributed by atoms with Crippen LogP contribution in [0.4, 0.5) is 0 Å². The van der Waals surface area contributed by atoms with Gasteiger partial charge < -0.3 is 14.2 Å². The Kier molecular flexibility index (Phi) is 5.69. The molecule has 0 bridgehead atoms. The molecule has 0 aliphatic carbocycles. The summed E-state index contributed by atoms with van der Waals surface area (Å²) in [5.41, 5.74) is 0.162. The van der Waals surface area contributed by atoms with E-state index in [1.807, 2.05) is 13.8 Å². The SMILES string of the molecule is COC(=O)c1ccc(OC(C)C)nc1Oc1ccc(Cl)cc1Cl. The van der Waals surface area contributed by atoms with Gasteiger partial charge in [-0.05, 0) is 38.1 Å². The molecule has 1 aromatic heterocycles. The van der Waals surface area contributed by atoms with Gasteiger partial charge >= 0.3 is 5.97 Å². The molecule has 7 heteroatoms. The second-order valence-electron chi connectivity index (χ2n) is 4.84. The van der Waals surface area contributed by atoms with Crippen LogP contribution in [-0.2, 0) is 4.74 Å². The van der Waals surface area contributed by atoms with Crippen molar-refractivity contribution in [1.29, 1.82) is 0 Å². The molecular weight excluding hydrogens is 341 g/mol. The van der Waals surface area contributed by atoms with E-state index in [0.717, 1.165) is 0 Å². The Balaban J connectivity index is 2.41. The van der Waals surface area contributed by atoms with E-state index < -0.39 is 5.97 Å². The minimum Gasteiger partial charge on any atom is -0.475 e. The summed E-state index contributed by atoms with van der Waals surface area (Å²) in [5.74, 6) is 0.107. The monoisotopic (exact) mass is 355 g/mol. The molecule has 5 nitrogen and oxygen atoms in total. The zero-order valence-electron chi connectivity index (χ0n) is 12.8. The third-order valence-corrected chi connectivity index (χ3v) is 3.23. The Hall–Kier alpha value is -1.98. The first-order chi connectivity index (χ1) is 10.9. The van der Waals surface area contributed by atoms with Gasteiger partial charge in [-0.25, -0.2) is 4.79 Å². The predicted octanol–water partition coefficient (Wildman–Crippen LogP) is 4.75. The van der Waals surface area contributed by atoms with Gasteiger partial charge in [0.2, 0.25) is 11.8 Å². The molecule has 2 rings (SSSR count). The molecule has 23 heavy (non-hydrogen) atoms. The fraction of sp³-hybridized carbons (Fsp3) is 0.250. The number of methoxy groups -OCH3 is 1. The van der Waals surface area contributed by atoms with Crippen molar-refractivity contribution in [2.75, 3.05) is 7.11 Å². The van der Waals surface area contributed by atoms with E-state index in [1.165, 1.54) is 19.2 Å². The molecule has 0 saturated carbocycles. The quantitative estimate of drug-likeness (QED) is 0.724. The van der Waals surface area contributed by atoms with Gasteiger partial charge in [-0.15, -0.1) is 0 Å². The van der Waals surface area contributed by atoms with Gasteiger partial charge in [0.15, 0.2) is 0 Å². The Bertz CT molecular complexity index is 719. The lowest BCUT2D eigenvalue weighted by atomic mass is 10.2. The standard InChI is InChI=1S/C16H15Cl2NO4/c1-9(2)22-14-7-5-11(16(20)21-3)15(19-14)23-13-6-4-10(17)8-12(13)18/h4-9H,1-3H3. The van der Waals surface area contributed by atoms with E-state index in [9.17, 15) is 4.79 Å². The van der Waals surface area contributed by atoms with Gasteiger partial charge in [0.1, 0.15) is 11.3 Å². The summed E-state index contributed by atoms with van der Waals surface area (Å²) in [6.07, 6.45) is -0.0709. The van der Waals surface area contributed by atoms with Crippen molar-refractivity contribution in [3.63, 3.8) is 0 Å². The van der Waals surface area contributed by atoms with Crippen LogP contribution in [0.1, 0.15) is 24.2 Å². The van der Waals surface area contributed by atoms with Crippen LogP contribution in [0, 0.1) is 0 Å². The van der Waals surface area contributed by atoms with Crippen LogP contribution in [0.15, 0.2) is 30.3 Å². The number of carbonyl (C=O) groups is 1. The van der Waals surface area contributed by atoms with Crippen molar-refractivity contribution >= 4 is 29.2 Å². The zero-order chi connectivity index (χ0) is 17.0. The highest BCUT2D eigenvalue weighted by molar-refractivity contribution is 6.35. The maximum Gasteiger partial charge on any atom is 0.343 e. The van der Waals surface area contributed by atoms with Crippen LogP contribution in [-0.4, -0.2) is 24.2 Å². The van der Waals surface area contributed by atoms with Gasteiger partial charge in [0.05, 0.1) is 18.2 Å². The smallest absolute Gasteiger partial charge is 0.343 e. The molecule has 122 valence electrons. The minimum absolute atomic E-state index is 0.0409. The topological polar surface area (TPSA) is 57.7 Å². The van der Waals surface area contributed by atoms with Crippen LogP contribution < -0.4 is 9.47 Å². The molecule has 1 aromatic carbocycles. The Morgan fingerprint density at radius 2 is 1.91 bits per heavy atom. The van der Waals surface area contributed by atoms with Crippen molar-refractivity contribution in [1.82, 2.24) is 4.98 Å². The average molecular weight is 356 g/mol. The van der Waals surface area contributed by atoms with Crippen LogP contribution in [0.2, 0.25) is 10.0 Å². The first-order valence-electron chi connectivity index (χ1n) is 6.79. The van der Waals surface area contributed by atoms with E-state index in [2.05, 4.69) is 4.98 Å². The van der Waals surface area contributed by atoms with Crippen molar-refractivity contribution < 1.29 is 19.0 Å². The van der Waals surface area contributed by atoms with Crippen molar-refractivity contribution in [3.8, 4) is 17.5 Å². The van der Waals surface area contributed by atoms with Gasteiger partial charge in [-0.1, -0.05) is 23.2 Å². The summed E-state index contributed by atoms with van der Waals surface area (Å²) in [6.45, 7) is 3.74. The highest BCUT2D eigenvalue weighted by atomic mass is 35.5. The van der Waals surface area contributed by atoms with E-state index >= 15 is 0 Å². The molecule has 0 atom stereocenters. The maximum atomic E-state index is 11.9. The van der Waals surface area contributed by atoms with Gasteiger partial charge in [0, 0.05) is 11.1 Å². The summed E-state index contributed by atoms with van der Waals surface area (Å²) in [4.78, 5) is 16.1. The van der Waals surface area contributed by atoms with Gasteiger partial charge in [-0.3, -0.25) is 0 Å². The lowest BCUT2D eigenvalue weighted by Crippen LogP contribution is -2.10. The molecule has 0 radical (unpaired) electrons. The van der Waals surface area contributed by atoms with Crippen molar-refractivity contribution in [3.05, 3.63) is 45.9 Å². The Morgan fingerprint density at radius 1 is 1.17 bits per heavy atom. The lowest BCUT2D eigenvalue weighted by molar-refractivity contribution is 0.0597. The van der Waals surface area contributed by atoms with Crippen molar-refractivity contribution in [2.45, 2.75) is 20.0 Å². The number of rotatable bonds is 5. The van der Waals surface area contributed by atoms with Crippen LogP contribution in [0.5, 0.6) is 17.5 Å². The minimum atomic E-state index is -0.575. The third-order valence-electron chi connectivity index (χ3n) is 2.70. The fourth-order valence-corrected chi connectivity index (χ4v) is 2.18. The summed E-state index contributed by atoms with van der Waals surface area (Å²) in [6, 6.07) is 7.83. The number of esters is 1. The number of halogens is 2. The molecule has 0 amide bonds. The van der Waals surface area contributed by atoms with Gasteiger partial charge in [-0.2, -0.15) is 4.98 Å². The molecule has 2 aromatic rings. The molecule has 0 spiro atoms. The van der Waals surface area contributed by atoms with Crippen molar-refractivity contribution in [2.24, 2.45) is 0 Å². The highest BCUT2D eigenvalue weighted by Crippen LogP contribution is 2.33. The number of carbonyl (C=O) groups excluding carboxylic acids is 1. The Morgan fingerprint density at radius 3 is 2.52 bits per heavy atom. The maximum absolute atomic E-state index is 11.9. The molecule has 0 aliphatic rings. The lowest BCUT2D eigenvalue weighted by Gasteiger charge is -2.13. The average Bonchev–Trinajstić information content (AvgIpc) is 2.49. The predicted molar refractivity (Wildman–Crippen MR) is 87.9 cm³/mol. The number of hydrogen-bond acceptors (Lipinski definition) is 5. The number of pyridine rings is 1. The summed E-state index contributed by atoms with van der Waals surface area (Å²) < 4.78 is 15.9. The molecule has 1 heterocycles. The number of nitrogens with zero attached hydrogens (tertiary/aromatic N) is 1. The highest BCUT2D eigenvalue weighted by Gasteiger charge is 2.18. The number of ether oxygens (including phenoxy) is 3. The number of aromatic nitrogens is 1. The van der Waals surface area contributed by atoms with E-state index in [-0.39, 0.29) is 17.5 Å². The fourth-order valence-electron chi connectivity index (χ4n) is 1.74. The van der Waals surface area contributed by atoms with Crippen LogP contribution in [0.25, 0.3) is 0 Å². The summed E-state index contributed by atoms with van der Waals surface area (Å²) >= 11 is 11.9. The largest absolute Gasteiger partial charge is 0.475 e. The Labute approximate surface area is 144 Å². The molecule has 0 unspecified atom stereocenters. The summed E-state index contributed by atoms with van der Waals surface area (Å²) in [5, 5.41) is 0.769. The summed E-state index contributed by atoms with van der Waals surface area (Å²) in [7, 11) is 1.28. The second-order valence-corrected chi connectivity index (χ2v) is 5.68. The number of hydrogen-bond donors (Lipinski definition) is 0. The molecule has 0 saturated heterocycles. The third kappa shape index (κ3) is 4.50. The zero-order valence-corrected chi connectivity index (χ0v) is 14.3. The molecular formula is C16H15Cl2NO4. The van der Waals surface area contributed by atoms with E-state index in [1.54, 1.807) is 18.2 Å². The van der Waals surface area contributed by atoms with E-state index in [0.29, 0.717) is 21.7 Å². The molecule has 0 fully saturated rings. The molecule has 0 aliphatic heterocycles. The second kappa shape index (κ2) is 7.53. The first kappa shape index (κ1) is 17.4. The van der Waals surface area contributed by atoms with E-state index in [4.69, 9.17) is 37.4 Å². The molecule has 0 N–H and O–H groups in total. The first-order valence-corrected chi connectivity index (χ1v) is 7.55. The van der Waals surface area contributed by atoms with Crippen LogP contribution in [0.3, 0.4) is 0 Å². The number of benzene rings is 1. The van der Waals surface area contributed by atoms with Gasteiger partial charge in [0.25, 0.3) is 0 Å². The van der Waals surface area contributed by atoms with Crippen LogP contribution >= 0.6 is 23.2 Å².